The van der Waals surface area contributed by atoms with Gasteiger partial charge in [-0.05, 0) is 37.5 Å². The minimum absolute atomic E-state index is 0.0435. The lowest BCUT2D eigenvalue weighted by Crippen LogP contribution is -2.73. The van der Waals surface area contributed by atoms with E-state index in [0.29, 0.717) is 13.0 Å². The quantitative estimate of drug-likeness (QED) is 0.682. The van der Waals surface area contributed by atoms with E-state index >= 15 is 0 Å². The van der Waals surface area contributed by atoms with Crippen molar-refractivity contribution >= 4 is 17.5 Å². The molecule has 2 amide bonds. The van der Waals surface area contributed by atoms with Crippen LogP contribution in [0, 0.1) is 0 Å². The smallest absolute Gasteiger partial charge is 0.256 e. The number of hydrogen-bond acceptors (Lipinski definition) is 3. The Kier molecular flexibility index (Phi) is 3.38. The molecule has 148 valence electrons. The third-order valence-corrected chi connectivity index (χ3v) is 7.18. The highest BCUT2D eigenvalue weighted by Crippen LogP contribution is 2.69. The molecule has 6 rings (SSSR count). The Hall–Kier alpha value is -2.66. The number of carbonyl (C=O) groups is 2. The molecule has 0 aromatic heterocycles. The van der Waals surface area contributed by atoms with Crippen molar-refractivity contribution in [2.45, 2.75) is 56.4 Å². The number of carbonyl (C=O) groups excluding carboxylic acids is 2. The number of fused-ring (bicyclic) bond motifs is 4. The van der Waals surface area contributed by atoms with E-state index in [4.69, 9.17) is 4.74 Å². The van der Waals surface area contributed by atoms with Crippen molar-refractivity contribution < 1.29 is 14.3 Å². The summed E-state index contributed by atoms with van der Waals surface area (Å²) in [5.41, 5.74) is 2.10. The molecule has 4 aliphatic heterocycles. The summed E-state index contributed by atoms with van der Waals surface area (Å²) in [6.45, 7) is 2.69. The van der Waals surface area contributed by atoms with Gasteiger partial charge in [-0.1, -0.05) is 49.2 Å². The molecule has 5 heteroatoms. The molecule has 4 aliphatic rings. The molecule has 3 atom stereocenters. The van der Waals surface area contributed by atoms with E-state index in [-0.39, 0.29) is 17.7 Å². The molecule has 2 saturated heterocycles. The second-order valence-electron chi connectivity index (χ2n) is 8.74. The zero-order valence-electron chi connectivity index (χ0n) is 16.6. The van der Waals surface area contributed by atoms with E-state index in [1.807, 2.05) is 59.2 Å². The molecule has 0 aliphatic carbocycles. The Labute approximate surface area is 170 Å². The number of anilines is 1. The Morgan fingerprint density at radius 2 is 1.72 bits per heavy atom. The Morgan fingerprint density at radius 1 is 0.966 bits per heavy atom. The van der Waals surface area contributed by atoms with Crippen LogP contribution in [0.1, 0.15) is 66.4 Å². The van der Waals surface area contributed by atoms with Crippen LogP contribution in [0.2, 0.25) is 0 Å². The molecule has 2 bridgehead atoms. The standard InChI is InChI=1S/C24H24N2O3/c1-23-21-17-11-6-8-13-19(17)26(23)20(27)14-4-2-3-9-15-25-22(28)16-10-5-7-12-18(16)24(21,25)29-23/h5-8,10-13,21H,2-4,9,14-15H2,1H3/t21-,23-,24-/m1/s1. The molecule has 1 spiro atoms. The predicted octanol–water partition coefficient (Wildman–Crippen LogP) is 4.14. The monoisotopic (exact) mass is 388 g/mol. The largest absolute Gasteiger partial charge is 0.323 e. The second kappa shape index (κ2) is 5.70. The molecule has 0 N–H and O–H groups in total. The fourth-order valence-electron chi connectivity index (χ4n) is 6.09. The van der Waals surface area contributed by atoms with E-state index in [1.54, 1.807) is 0 Å². The minimum Gasteiger partial charge on any atom is -0.323 e. The number of nitrogens with zero attached hydrogens (tertiary/aromatic N) is 2. The number of rotatable bonds is 0. The molecule has 5 nitrogen and oxygen atoms in total. The van der Waals surface area contributed by atoms with Crippen molar-refractivity contribution in [3.63, 3.8) is 0 Å². The van der Waals surface area contributed by atoms with Gasteiger partial charge in [-0.2, -0.15) is 0 Å². The zero-order valence-corrected chi connectivity index (χ0v) is 16.6. The molecule has 29 heavy (non-hydrogen) atoms. The maximum atomic E-state index is 13.4. The SMILES string of the molecule is C[C@]12O[C@@]34c5ccccc5C(=O)N3CCCCCCC(=O)N1c1ccccc1[C@@H]42. The van der Waals surface area contributed by atoms with Crippen LogP contribution < -0.4 is 4.90 Å². The average molecular weight is 388 g/mol. The maximum absolute atomic E-state index is 13.4. The van der Waals surface area contributed by atoms with Gasteiger partial charge in [-0.3, -0.25) is 14.5 Å². The van der Waals surface area contributed by atoms with E-state index in [9.17, 15) is 9.59 Å². The van der Waals surface area contributed by atoms with Crippen LogP contribution in [-0.4, -0.2) is 29.0 Å². The van der Waals surface area contributed by atoms with Crippen LogP contribution in [0.3, 0.4) is 0 Å². The number of hydrogen-bond donors (Lipinski definition) is 0. The van der Waals surface area contributed by atoms with Gasteiger partial charge in [-0.15, -0.1) is 0 Å². The summed E-state index contributed by atoms with van der Waals surface area (Å²) in [5.74, 6) is 0.0613. The van der Waals surface area contributed by atoms with Crippen LogP contribution in [0.25, 0.3) is 0 Å². The molecule has 0 unspecified atom stereocenters. The van der Waals surface area contributed by atoms with Gasteiger partial charge >= 0.3 is 0 Å². The summed E-state index contributed by atoms with van der Waals surface area (Å²) in [6, 6.07) is 15.9. The first-order valence-electron chi connectivity index (χ1n) is 10.6. The highest BCUT2D eigenvalue weighted by atomic mass is 16.6. The summed E-state index contributed by atoms with van der Waals surface area (Å²) in [6.07, 6.45) is 4.35. The van der Waals surface area contributed by atoms with Gasteiger partial charge in [0.1, 0.15) is 0 Å². The average Bonchev–Trinajstić information content (AvgIpc) is 3.07. The Morgan fingerprint density at radius 3 is 2.62 bits per heavy atom. The minimum atomic E-state index is -0.827. The van der Waals surface area contributed by atoms with Crippen molar-refractivity contribution in [1.29, 1.82) is 0 Å². The van der Waals surface area contributed by atoms with Gasteiger partial charge in [0.2, 0.25) is 5.91 Å². The Balaban J connectivity index is 1.60. The molecule has 0 saturated carbocycles. The molecule has 4 heterocycles. The summed E-state index contributed by atoms with van der Waals surface area (Å²) < 4.78 is 6.76. The van der Waals surface area contributed by atoms with E-state index in [1.165, 1.54) is 0 Å². The number of amides is 2. The normalized spacial score (nSPS) is 32.7. The van der Waals surface area contributed by atoms with Crippen LogP contribution >= 0.6 is 0 Å². The lowest BCUT2D eigenvalue weighted by atomic mass is 9.73. The molecule has 2 aromatic rings. The van der Waals surface area contributed by atoms with Crippen LogP contribution in [0.15, 0.2) is 48.5 Å². The maximum Gasteiger partial charge on any atom is 0.256 e. The summed E-state index contributed by atoms with van der Waals surface area (Å²) >= 11 is 0. The lowest BCUT2D eigenvalue weighted by Gasteiger charge is -2.61. The highest BCUT2D eigenvalue weighted by Gasteiger charge is 2.76. The number of benzene rings is 2. The zero-order chi connectivity index (χ0) is 19.8. The van der Waals surface area contributed by atoms with E-state index < -0.39 is 11.4 Å². The van der Waals surface area contributed by atoms with Gasteiger partial charge in [0.25, 0.3) is 5.91 Å². The number of para-hydroxylation sites is 1. The summed E-state index contributed by atoms with van der Waals surface area (Å²) in [4.78, 5) is 30.5. The summed E-state index contributed by atoms with van der Waals surface area (Å²) in [7, 11) is 0. The first-order valence-corrected chi connectivity index (χ1v) is 10.6. The van der Waals surface area contributed by atoms with E-state index in [0.717, 1.165) is 48.1 Å². The predicted molar refractivity (Wildman–Crippen MR) is 108 cm³/mol. The van der Waals surface area contributed by atoms with Crippen molar-refractivity contribution in [3.05, 3.63) is 65.2 Å². The van der Waals surface area contributed by atoms with Crippen LogP contribution in [-0.2, 0) is 15.3 Å². The van der Waals surface area contributed by atoms with Crippen molar-refractivity contribution in [2.24, 2.45) is 0 Å². The van der Waals surface area contributed by atoms with Crippen molar-refractivity contribution in [2.75, 3.05) is 11.4 Å². The fourth-order valence-corrected chi connectivity index (χ4v) is 6.09. The second-order valence-corrected chi connectivity index (χ2v) is 8.74. The van der Waals surface area contributed by atoms with Gasteiger partial charge in [0.15, 0.2) is 11.4 Å². The van der Waals surface area contributed by atoms with Gasteiger partial charge in [0.05, 0.1) is 11.6 Å². The Bertz CT molecular complexity index is 1050. The first kappa shape index (κ1) is 17.2. The molecular formula is C24H24N2O3. The van der Waals surface area contributed by atoms with Gasteiger partial charge in [-0.25, -0.2) is 0 Å². The van der Waals surface area contributed by atoms with Crippen molar-refractivity contribution in [3.8, 4) is 0 Å². The van der Waals surface area contributed by atoms with Gasteiger partial charge in [0, 0.05) is 24.1 Å². The molecule has 2 fully saturated rings. The third-order valence-electron chi connectivity index (χ3n) is 7.18. The molecular weight excluding hydrogens is 364 g/mol. The topological polar surface area (TPSA) is 49.9 Å². The van der Waals surface area contributed by atoms with Crippen molar-refractivity contribution in [1.82, 2.24) is 4.90 Å². The fraction of sp³-hybridized carbons (Fsp3) is 0.417. The van der Waals surface area contributed by atoms with E-state index in [2.05, 4.69) is 6.07 Å². The first-order chi connectivity index (χ1) is 14.1. The van der Waals surface area contributed by atoms with Crippen LogP contribution in [0.4, 0.5) is 5.69 Å². The summed E-state index contributed by atoms with van der Waals surface area (Å²) in [5, 5.41) is 0. The number of ether oxygens (including phenoxy) is 1. The van der Waals surface area contributed by atoms with Crippen LogP contribution in [0.5, 0.6) is 0 Å². The lowest BCUT2D eigenvalue weighted by molar-refractivity contribution is -0.334. The molecule has 2 aromatic carbocycles. The third kappa shape index (κ3) is 1.94. The highest BCUT2D eigenvalue weighted by molar-refractivity contribution is 6.02. The molecule has 0 radical (unpaired) electrons. The van der Waals surface area contributed by atoms with Gasteiger partial charge < -0.3 is 9.64 Å².